The Morgan fingerprint density at radius 2 is 2.17 bits per heavy atom. The maximum Gasteiger partial charge on any atom is 0.246 e. The molecule has 100 valence electrons. The Bertz CT molecular complexity index is 532. The zero-order valence-corrected chi connectivity index (χ0v) is 11.4. The van der Waals surface area contributed by atoms with Crippen molar-refractivity contribution in [1.82, 2.24) is 14.2 Å². The van der Waals surface area contributed by atoms with Crippen LogP contribution in [0.25, 0.3) is 0 Å². The van der Waals surface area contributed by atoms with Gasteiger partial charge < -0.3 is 10.6 Å². The lowest BCUT2D eigenvalue weighted by atomic mass is 10.2. The Balaban J connectivity index is 2.30. The van der Waals surface area contributed by atoms with E-state index in [9.17, 15) is 8.42 Å². The number of hydrogen-bond acceptors (Lipinski definition) is 5. The van der Waals surface area contributed by atoms with Gasteiger partial charge in [0, 0.05) is 31.9 Å². The molecule has 0 bridgehead atoms. The first-order valence-corrected chi connectivity index (χ1v) is 7.28. The molecule has 7 heteroatoms. The minimum absolute atomic E-state index is 0.0593. The molecule has 2 heterocycles. The van der Waals surface area contributed by atoms with Gasteiger partial charge in [-0.15, -0.1) is 0 Å². The second-order valence-electron chi connectivity index (χ2n) is 4.58. The van der Waals surface area contributed by atoms with Crippen LogP contribution in [0.1, 0.15) is 6.92 Å². The summed E-state index contributed by atoms with van der Waals surface area (Å²) in [6, 6.07) is 3.29. The van der Waals surface area contributed by atoms with Crippen molar-refractivity contribution in [3.8, 4) is 0 Å². The predicted molar refractivity (Wildman–Crippen MR) is 69.5 cm³/mol. The number of pyridine rings is 1. The molecule has 0 amide bonds. The highest BCUT2D eigenvalue weighted by Crippen LogP contribution is 2.22. The topological polar surface area (TPSA) is 79.5 Å². The highest BCUT2D eigenvalue weighted by atomic mass is 32.2. The SMILES string of the molecule is CC1CN(S(=O)(=O)c2cccnc2N)CCN1C. The number of nitrogens with two attached hydrogens (primary N) is 1. The lowest BCUT2D eigenvalue weighted by molar-refractivity contribution is 0.159. The van der Waals surface area contributed by atoms with Gasteiger partial charge in [0.25, 0.3) is 0 Å². The van der Waals surface area contributed by atoms with E-state index in [4.69, 9.17) is 5.73 Å². The third kappa shape index (κ3) is 2.33. The second kappa shape index (κ2) is 4.83. The van der Waals surface area contributed by atoms with Gasteiger partial charge in [-0.25, -0.2) is 13.4 Å². The molecule has 1 aliphatic rings. The average Bonchev–Trinajstić information content (AvgIpc) is 2.33. The Hall–Kier alpha value is -1.18. The van der Waals surface area contributed by atoms with Gasteiger partial charge in [-0.3, -0.25) is 0 Å². The number of sulfonamides is 1. The van der Waals surface area contributed by atoms with E-state index in [2.05, 4.69) is 9.88 Å². The fourth-order valence-corrected chi connectivity index (χ4v) is 3.57. The zero-order valence-electron chi connectivity index (χ0n) is 10.6. The zero-order chi connectivity index (χ0) is 13.3. The number of piperazine rings is 1. The summed E-state index contributed by atoms with van der Waals surface area (Å²) in [7, 11) is -1.54. The molecule has 1 atom stereocenters. The Morgan fingerprint density at radius 3 is 2.78 bits per heavy atom. The van der Waals surface area contributed by atoms with Crippen molar-refractivity contribution in [2.75, 3.05) is 32.4 Å². The van der Waals surface area contributed by atoms with Crippen molar-refractivity contribution in [3.05, 3.63) is 18.3 Å². The molecule has 2 N–H and O–H groups in total. The number of anilines is 1. The highest BCUT2D eigenvalue weighted by Gasteiger charge is 2.32. The summed E-state index contributed by atoms with van der Waals surface area (Å²) in [6.07, 6.45) is 1.49. The van der Waals surface area contributed by atoms with E-state index >= 15 is 0 Å². The third-order valence-corrected chi connectivity index (χ3v) is 5.25. The number of nitrogen functional groups attached to an aromatic ring is 1. The van der Waals surface area contributed by atoms with Gasteiger partial charge in [0.1, 0.15) is 10.7 Å². The summed E-state index contributed by atoms with van der Waals surface area (Å²) < 4.78 is 26.4. The molecule has 6 nitrogen and oxygen atoms in total. The van der Waals surface area contributed by atoms with Crippen LogP contribution in [0.2, 0.25) is 0 Å². The first-order chi connectivity index (χ1) is 8.43. The van der Waals surface area contributed by atoms with E-state index in [1.165, 1.54) is 16.6 Å². The summed E-state index contributed by atoms with van der Waals surface area (Å²) in [6.45, 7) is 3.69. The van der Waals surface area contributed by atoms with E-state index in [1.807, 2.05) is 14.0 Å². The lowest BCUT2D eigenvalue weighted by Gasteiger charge is -2.36. The van der Waals surface area contributed by atoms with Crippen LogP contribution in [0.4, 0.5) is 5.82 Å². The third-order valence-electron chi connectivity index (χ3n) is 3.34. The van der Waals surface area contributed by atoms with Crippen LogP contribution < -0.4 is 5.73 Å². The molecule has 1 fully saturated rings. The van der Waals surface area contributed by atoms with E-state index in [1.54, 1.807) is 6.07 Å². The molecule has 18 heavy (non-hydrogen) atoms. The molecule has 0 aromatic carbocycles. The molecule has 2 rings (SSSR count). The van der Waals surface area contributed by atoms with Gasteiger partial charge in [-0.05, 0) is 26.1 Å². The van der Waals surface area contributed by atoms with Gasteiger partial charge in [0.2, 0.25) is 10.0 Å². The first-order valence-electron chi connectivity index (χ1n) is 5.84. The van der Waals surface area contributed by atoms with Gasteiger partial charge in [0.05, 0.1) is 0 Å². The van der Waals surface area contributed by atoms with Crippen LogP contribution in [0, 0.1) is 0 Å². The van der Waals surface area contributed by atoms with Crippen LogP contribution in [0.3, 0.4) is 0 Å². The molecular formula is C11H18N4O2S. The number of hydrogen-bond donors (Lipinski definition) is 1. The summed E-state index contributed by atoms with van der Waals surface area (Å²) in [4.78, 5) is 6.07. The minimum Gasteiger partial charge on any atom is -0.383 e. The van der Waals surface area contributed by atoms with Crippen LogP contribution in [-0.4, -0.2) is 55.3 Å². The van der Waals surface area contributed by atoms with Crippen LogP contribution >= 0.6 is 0 Å². The number of aromatic nitrogens is 1. The lowest BCUT2D eigenvalue weighted by Crippen LogP contribution is -2.51. The molecule has 1 aromatic rings. The molecular weight excluding hydrogens is 252 g/mol. The molecule has 0 saturated carbocycles. The van der Waals surface area contributed by atoms with E-state index < -0.39 is 10.0 Å². The Kier molecular flexibility index (Phi) is 3.56. The van der Waals surface area contributed by atoms with Crippen LogP contribution in [0.5, 0.6) is 0 Å². The van der Waals surface area contributed by atoms with Gasteiger partial charge in [0.15, 0.2) is 0 Å². The van der Waals surface area contributed by atoms with Crippen molar-refractivity contribution in [3.63, 3.8) is 0 Å². The number of nitrogens with zero attached hydrogens (tertiary/aromatic N) is 3. The van der Waals surface area contributed by atoms with Crippen molar-refractivity contribution >= 4 is 15.8 Å². The Morgan fingerprint density at radius 1 is 1.44 bits per heavy atom. The second-order valence-corrected chi connectivity index (χ2v) is 6.49. The average molecular weight is 270 g/mol. The molecule has 0 radical (unpaired) electrons. The fraction of sp³-hybridized carbons (Fsp3) is 0.545. The maximum absolute atomic E-state index is 12.4. The quantitative estimate of drug-likeness (QED) is 0.817. The standard InChI is InChI=1S/C11H18N4O2S/c1-9-8-15(7-6-14(9)2)18(16,17)10-4-3-5-13-11(10)12/h3-5,9H,6-8H2,1-2H3,(H2,12,13). The molecule has 1 aliphatic heterocycles. The maximum atomic E-state index is 12.4. The van der Waals surface area contributed by atoms with Gasteiger partial charge in [-0.2, -0.15) is 4.31 Å². The number of rotatable bonds is 2. The van der Waals surface area contributed by atoms with Crippen molar-refractivity contribution in [2.45, 2.75) is 17.9 Å². The van der Waals surface area contributed by atoms with Gasteiger partial charge >= 0.3 is 0 Å². The summed E-state index contributed by atoms with van der Waals surface area (Å²) in [5.41, 5.74) is 5.65. The summed E-state index contributed by atoms with van der Waals surface area (Å²) in [5, 5.41) is 0. The van der Waals surface area contributed by atoms with Crippen molar-refractivity contribution in [1.29, 1.82) is 0 Å². The predicted octanol–water partition coefficient (Wildman–Crippen LogP) is -0.0116. The van der Waals surface area contributed by atoms with Crippen molar-refractivity contribution in [2.24, 2.45) is 0 Å². The molecule has 0 aliphatic carbocycles. The monoisotopic (exact) mass is 270 g/mol. The first kappa shape index (κ1) is 13.3. The van der Waals surface area contributed by atoms with E-state index in [0.29, 0.717) is 13.1 Å². The Labute approximate surface area is 107 Å². The fourth-order valence-electron chi connectivity index (χ4n) is 1.99. The molecule has 1 aromatic heterocycles. The van der Waals surface area contributed by atoms with Crippen molar-refractivity contribution < 1.29 is 8.42 Å². The number of likely N-dealkylation sites (N-methyl/N-ethyl adjacent to an activating group) is 1. The minimum atomic E-state index is -3.53. The van der Waals surface area contributed by atoms with Gasteiger partial charge in [-0.1, -0.05) is 0 Å². The normalized spacial score (nSPS) is 23.1. The molecule has 1 unspecified atom stereocenters. The van der Waals surface area contributed by atoms with E-state index in [0.717, 1.165) is 6.54 Å². The largest absolute Gasteiger partial charge is 0.383 e. The van der Waals surface area contributed by atoms with E-state index in [-0.39, 0.29) is 16.8 Å². The highest BCUT2D eigenvalue weighted by molar-refractivity contribution is 7.89. The summed E-state index contributed by atoms with van der Waals surface area (Å²) in [5.74, 6) is 0.0593. The summed E-state index contributed by atoms with van der Waals surface area (Å²) >= 11 is 0. The van der Waals surface area contributed by atoms with Crippen LogP contribution in [0.15, 0.2) is 23.2 Å². The molecule has 1 saturated heterocycles. The van der Waals surface area contributed by atoms with Crippen LogP contribution in [-0.2, 0) is 10.0 Å². The molecule has 0 spiro atoms. The smallest absolute Gasteiger partial charge is 0.246 e.